The van der Waals surface area contributed by atoms with E-state index in [0.717, 1.165) is 13.0 Å². The maximum atomic E-state index is 13.8. The molecule has 244 valence electrons. The van der Waals surface area contributed by atoms with Crippen LogP contribution < -0.4 is 19.6 Å². The first-order valence-electron chi connectivity index (χ1n) is 13.4. The van der Waals surface area contributed by atoms with Gasteiger partial charge in [-0.25, -0.2) is 0 Å². The van der Waals surface area contributed by atoms with Crippen LogP contribution >= 0.6 is 0 Å². The van der Waals surface area contributed by atoms with Crippen molar-refractivity contribution in [2.45, 2.75) is 56.1 Å². The number of hydrogen-bond acceptors (Lipinski definition) is 15. The lowest BCUT2D eigenvalue weighted by molar-refractivity contribution is -0.282. The molecule has 2 heterocycles. The van der Waals surface area contributed by atoms with Crippen molar-refractivity contribution in [1.29, 1.82) is 0 Å². The zero-order valence-electron chi connectivity index (χ0n) is 24.2. The van der Waals surface area contributed by atoms with Crippen molar-refractivity contribution in [3.05, 3.63) is 40.6 Å². The number of aromatic hydroxyl groups is 2. The molecule has 1 fully saturated rings. The summed E-state index contributed by atoms with van der Waals surface area (Å²) >= 11 is 0. The molecule has 16 heteroatoms. The Morgan fingerprint density at radius 1 is 1.00 bits per heavy atom. The highest BCUT2D eigenvalue weighted by molar-refractivity contribution is 5.88. The predicted molar refractivity (Wildman–Crippen MR) is 150 cm³/mol. The van der Waals surface area contributed by atoms with Gasteiger partial charge >= 0.3 is 11.9 Å². The van der Waals surface area contributed by atoms with E-state index in [1.165, 1.54) is 38.5 Å². The molecule has 0 unspecified atom stereocenters. The number of ether oxygens (including phenoxy) is 5. The minimum atomic E-state index is -2.04. The molecule has 45 heavy (non-hydrogen) atoms. The molecule has 0 amide bonds. The summed E-state index contributed by atoms with van der Waals surface area (Å²) in [4.78, 5) is 37.4. The molecule has 6 atom stereocenters. The number of carboxylic acid groups (broad SMARTS) is 1. The summed E-state index contributed by atoms with van der Waals surface area (Å²) in [7, 11) is 2.61. The Hall–Kier alpha value is -4.61. The molecule has 7 N–H and O–H groups in total. The van der Waals surface area contributed by atoms with Gasteiger partial charge in [0.05, 0.1) is 39.3 Å². The van der Waals surface area contributed by atoms with Gasteiger partial charge in [0, 0.05) is 17.7 Å². The number of rotatable bonds is 11. The zero-order valence-corrected chi connectivity index (χ0v) is 24.2. The van der Waals surface area contributed by atoms with Gasteiger partial charge in [0.15, 0.2) is 29.5 Å². The molecule has 4 rings (SSSR count). The maximum absolute atomic E-state index is 13.8. The average Bonchev–Trinajstić information content (AvgIpc) is 2.96. The van der Waals surface area contributed by atoms with Crippen LogP contribution in [-0.2, 0) is 19.1 Å². The van der Waals surface area contributed by atoms with Crippen LogP contribution in [0.25, 0.3) is 22.3 Å². The standard InChI is InChI=1S/C29H32O16/c1-29(39,9-19(33)34)10-20(35)44-26-22(36)18(11-30)43-28(24(26)38)45-27-23(37)21-15(32)7-13(40-2)8-17(21)42-25(27)12-4-5-14(31)16(6-12)41-3/h4-8,18,22,24,26,28,30-32,36,38-39H,9-11H2,1-3H3,(H,33,34)/t18-,22-,24-,26+,28+,29-/m1/s1. The molecule has 1 aromatic heterocycles. The number of phenolic OH excluding ortho intramolecular Hbond substituents is 2. The fourth-order valence-corrected chi connectivity index (χ4v) is 4.79. The van der Waals surface area contributed by atoms with Crippen molar-refractivity contribution in [3.63, 3.8) is 0 Å². The zero-order chi connectivity index (χ0) is 33.2. The Kier molecular flexibility index (Phi) is 9.74. The number of methoxy groups -OCH3 is 2. The second kappa shape index (κ2) is 13.2. The summed E-state index contributed by atoms with van der Waals surface area (Å²) in [6, 6.07) is 6.36. The Morgan fingerprint density at radius 3 is 2.33 bits per heavy atom. The fraction of sp³-hybridized carbons (Fsp3) is 0.414. The monoisotopic (exact) mass is 636 g/mol. The number of fused-ring (bicyclic) bond motifs is 1. The number of carbonyl (C=O) groups excluding carboxylic acids is 1. The van der Waals surface area contributed by atoms with E-state index in [-0.39, 0.29) is 39.5 Å². The van der Waals surface area contributed by atoms with Crippen LogP contribution in [-0.4, -0.2) is 105 Å². The van der Waals surface area contributed by atoms with Gasteiger partial charge in [-0.2, -0.15) is 0 Å². The lowest BCUT2D eigenvalue weighted by atomic mass is 9.97. The molecule has 0 radical (unpaired) electrons. The highest BCUT2D eigenvalue weighted by Gasteiger charge is 2.49. The third kappa shape index (κ3) is 7.05. The van der Waals surface area contributed by atoms with E-state index in [9.17, 15) is 45.0 Å². The summed E-state index contributed by atoms with van der Waals surface area (Å²) in [6.07, 6.45) is -10.8. The van der Waals surface area contributed by atoms with E-state index in [1.54, 1.807) is 0 Å². The maximum Gasteiger partial charge on any atom is 0.309 e. The number of hydrogen-bond donors (Lipinski definition) is 7. The number of aliphatic hydroxyl groups excluding tert-OH is 3. The van der Waals surface area contributed by atoms with Gasteiger partial charge in [0.25, 0.3) is 0 Å². The summed E-state index contributed by atoms with van der Waals surface area (Å²) in [5.41, 5.74) is -3.02. The van der Waals surface area contributed by atoms with E-state index in [1.807, 2.05) is 0 Å². The smallest absolute Gasteiger partial charge is 0.309 e. The molecule has 0 bridgehead atoms. The molecule has 0 saturated carbocycles. The van der Waals surface area contributed by atoms with E-state index in [4.69, 9.17) is 33.2 Å². The quantitative estimate of drug-likeness (QED) is 0.139. The van der Waals surface area contributed by atoms with Crippen LogP contribution in [0.1, 0.15) is 19.8 Å². The van der Waals surface area contributed by atoms with Crippen LogP contribution in [0.4, 0.5) is 0 Å². The number of benzene rings is 2. The molecular formula is C29H32O16. The largest absolute Gasteiger partial charge is 0.507 e. The van der Waals surface area contributed by atoms with Crippen LogP contribution in [0.2, 0.25) is 0 Å². The number of esters is 1. The molecule has 0 aliphatic carbocycles. The number of aliphatic carboxylic acids is 1. The van der Waals surface area contributed by atoms with Gasteiger partial charge in [-0.3, -0.25) is 14.4 Å². The van der Waals surface area contributed by atoms with Crippen LogP contribution in [0.15, 0.2) is 39.5 Å². The van der Waals surface area contributed by atoms with Gasteiger partial charge in [-0.15, -0.1) is 0 Å². The summed E-state index contributed by atoms with van der Waals surface area (Å²) < 4.78 is 32.7. The Labute approximate surface area is 254 Å². The molecule has 1 saturated heterocycles. The minimum Gasteiger partial charge on any atom is -0.507 e. The van der Waals surface area contributed by atoms with E-state index in [2.05, 4.69) is 0 Å². The fourth-order valence-electron chi connectivity index (χ4n) is 4.79. The summed E-state index contributed by atoms with van der Waals surface area (Å²) in [5, 5.41) is 71.2. The Bertz CT molecular complexity index is 1630. The number of phenols is 2. The van der Waals surface area contributed by atoms with Crippen LogP contribution in [0.5, 0.6) is 28.7 Å². The van der Waals surface area contributed by atoms with Gasteiger partial charge in [0.1, 0.15) is 34.7 Å². The first-order valence-corrected chi connectivity index (χ1v) is 13.4. The third-order valence-electron chi connectivity index (χ3n) is 6.96. The Balaban J connectivity index is 1.78. The number of carboxylic acids is 1. The second-order valence-electron chi connectivity index (χ2n) is 10.5. The van der Waals surface area contributed by atoms with Crippen LogP contribution in [0.3, 0.4) is 0 Å². The van der Waals surface area contributed by atoms with E-state index >= 15 is 0 Å². The molecule has 2 aromatic carbocycles. The molecule has 16 nitrogen and oxygen atoms in total. The normalized spacial score (nSPS) is 22.8. The highest BCUT2D eigenvalue weighted by Crippen LogP contribution is 2.40. The lowest BCUT2D eigenvalue weighted by Crippen LogP contribution is -2.61. The number of carbonyl (C=O) groups is 2. The molecule has 1 aliphatic rings. The molecular weight excluding hydrogens is 604 g/mol. The molecule has 3 aromatic rings. The van der Waals surface area contributed by atoms with E-state index in [0.29, 0.717) is 0 Å². The van der Waals surface area contributed by atoms with Crippen LogP contribution in [0, 0.1) is 0 Å². The van der Waals surface area contributed by atoms with Crippen molar-refractivity contribution >= 4 is 22.9 Å². The van der Waals surface area contributed by atoms with Crippen molar-refractivity contribution in [3.8, 4) is 40.1 Å². The van der Waals surface area contributed by atoms with Gasteiger partial charge < -0.3 is 63.8 Å². The first kappa shape index (κ1) is 33.3. The average molecular weight is 637 g/mol. The molecule has 1 aliphatic heterocycles. The topological polar surface area (TPSA) is 252 Å². The van der Waals surface area contributed by atoms with Gasteiger partial charge in [0.2, 0.25) is 17.5 Å². The van der Waals surface area contributed by atoms with Gasteiger partial charge in [-0.1, -0.05) is 0 Å². The highest BCUT2D eigenvalue weighted by atomic mass is 16.7. The minimum absolute atomic E-state index is 0.0159. The van der Waals surface area contributed by atoms with Crippen molar-refractivity contribution in [2.24, 2.45) is 0 Å². The van der Waals surface area contributed by atoms with Crippen molar-refractivity contribution in [2.75, 3.05) is 20.8 Å². The summed E-state index contributed by atoms with van der Waals surface area (Å²) in [6.45, 7) is 0.207. The van der Waals surface area contributed by atoms with Gasteiger partial charge in [-0.05, 0) is 25.1 Å². The number of aliphatic hydroxyl groups is 4. The second-order valence-corrected chi connectivity index (χ2v) is 10.5. The SMILES string of the molecule is COc1cc(O)c2c(=O)c(O[C@@H]3O[C@H](CO)[C@@H](O)[C@H](OC(=O)C[C@](C)(O)CC(=O)O)[C@H]3O)c(-c3ccc(O)c(OC)c3)oc2c1. The lowest BCUT2D eigenvalue weighted by Gasteiger charge is -2.41. The predicted octanol–water partition coefficient (Wildman–Crippen LogP) is 0.234. The third-order valence-corrected chi connectivity index (χ3v) is 6.96. The van der Waals surface area contributed by atoms with Crippen molar-refractivity contribution < 1.29 is 73.4 Å². The first-order chi connectivity index (χ1) is 21.2. The Morgan fingerprint density at radius 2 is 1.71 bits per heavy atom. The van der Waals surface area contributed by atoms with E-state index < -0.39 is 84.6 Å². The van der Waals surface area contributed by atoms with Crippen molar-refractivity contribution in [1.82, 2.24) is 0 Å². The molecule has 0 spiro atoms. The summed E-state index contributed by atoms with van der Waals surface area (Å²) in [5.74, 6) is -4.20.